The number of epoxide rings is 1. The lowest BCUT2D eigenvalue weighted by atomic mass is 9.69. The van der Waals surface area contributed by atoms with Crippen molar-refractivity contribution in [2.75, 3.05) is 20.1 Å². The summed E-state index contributed by atoms with van der Waals surface area (Å²) >= 11 is 6.97. The van der Waals surface area contributed by atoms with Gasteiger partial charge in [0.25, 0.3) is 5.82 Å². The third kappa shape index (κ3) is 3.47. The first-order chi connectivity index (χ1) is 12.9. The Morgan fingerprint density at radius 1 is 1.26 bits per heavy atom. The molecule has 1 saturated heterocycles. The molecule has 5 heteroatoms. The van der Waals surface area contributed by atoms with E-state index in [4.69, 9.17) is 16.3 Å². The van der Waals surface area contributed by atoms with Crippen LogP contribution >= 0.6 is 11.6 Å². The highest BCUT2D eigenvalue weighted by atomic mass is 35.5. The van der Waals surface area contributed by atoms with Crippen LogP contribution in [-0.2, 0) is 4.74 Å². The van der Waals surface area contributed by atoms with Gasteiger partial charge in [-0.1, -0.05) is 20.8 Å². The van der Waals surface area contributed by atoms with E-state index in [9.17, 15) is 0 Å². The van der Waals surface area contributed by atoms with Gasteiger partial charge in [-0.25, -0.2) is 4.58 Å². The van der Waals surface area contributed by atoms with Crippen LogP contribution in [0.25, 0.3) is 0 Å². The smallest absolute Gasteiger partial charge is 0.275 e. The largest absolute Gasteiger partial charge is 0.369 e. The fourth-order valence-electron chi connectivity index (χ4n) is 5.91. The molecule has 1 saturated carbocycles. The van der Waals surface area contributed by atoms with Crippen molar-refractivity contribution < 1.29 is 9.31 Å². The topological polar surface area (TPSA) is 39.6 Å². The Balaban J connectivity index is 1.52. The molecule has 0 bridgehead atoms. The lowest BCUT2D eigenvalue weighted by molar-refractivity contribution is -0.448. The van der Waals surface area contributed by atoms with E-state index < -0.39 is 0 Å². The van der Waals surface area contributed by atoms with Crippen molar-refractivity contribution in [2.24, 2.45) is 23.7 Å². The van der Waals surface area contributed by atoms with E-state index in [2.05, 4.69) is 50.0 Å². The van der Waals surface area contributed by atoms with Gasteiger partial charge in [0.05, 0.1) is 37.4 Å². The molecule has 27 heavy (non-hydrogen) atoms. The molecule has 0 amide bonds. The molecule has 2 N–H and O–H groups in total. The van der Waals surface area contributed by atoms with Crippen LogP contribution in [0.15, 0.2) is 11.4 Å². The van der Waals surface area contributed by atoms with Crippen molar-refractivity contribution in [3.63, 3.8) is 0 Å². The summed E-state index contributed by atoms with van der Waals surface area (Å²) in [6.45, 7) is 11.2. The van der Waals surface area contributed by atoms with Crippen molar-refractivity contribution in [1.82, 2.24) is 10.6 Å². The summed E-state index contributed by atoms with van der Waals surface area (Å²) in [6, 6.07) is 0.475. The molecule has 4 nitrogen and oxygen atoms in total. The Hall–Kier alpha value is -0.580. The quantitative estimate of drug-likeness (QED) is 0.436. The molecule has 0 spiro atoms. The summed E-state index contributed by atoms with van der Waals surface area (Å²) in [5.74, 6) is 3.67. The highest BCUT2D eigenvalue weighted by molar-refractivity contribution is 6.21. The van der Waals surface area contributed by atoms with E-state index >= 15 is 0 Å². The van der Waals surface area contributed by atoms with Crippen LogP contribution < -0.4 is 10.6 Å². The van der Waals surface area contributed by atoms with E-state index in [1.165, 1.54) is 24.4 Å². The Morgan fingerprint density at radius 3 is 2.67 bits per heavy atom. The molecular weight excluding hydrogens is 358 g/mol. The zero-order valence-corrected chi connectivity index (χ0v) is 18.4. The van der Waals surface area contributed by atoms with Crippen LogP contribution in [-0.4, -0.2) is 54.1 Å². The first-order valence-electron chi connectivity index (χ1n) is 11.0. The van der Waals surface area contributed by atoms with Crippen LogP contribution in [0, 0.1) is 23.7 Å². The Bertz CT molecular complexity index is 643. The first kappa shape index (κ1) is 19.7. The van der Waals surface area contributed by atoms with Crippen LogP contribution in [0.1, 0.15) is 53.4 Å². The summed E-state index contributed by atoms with van der Waals surface area (Å²) in [7, 11) is 2.23. The zero-order valence-electron chi connectivity index (χ0n) is 17.6. The number of ether oxygens (including phenoxy) is 1. The summed E-state index contributed by atoms with van der Waals surface area (Å²) in [6.07, 6.45) is 5.57. The van der Waals surface area contributed by atoms with Crippen molar-refractivity contribution in [1.29, 1.82) is 0 Å². The van der Waals surface area contributed by atoms with Crippen molar-refractivity contribution >= 4 is 17.3 Å². The molecule has 4 rings (SSSR count). The minimum absolute atomic E-state index is 0.243. The normalized spacial score (nSPS) is 42.3. The van der Waals surface area contributed by atoms with Gasteiger partial charge in [-0.15, -0.1) is 11.6 Å². The summed E-state index contributed by atoms with van der Waals surface area (Å²) in [5.41, 5.74) is 3.08. The number of hydrogen-bond acceptors (Lipinski definition) is 3. The molecule has 152 valence electrons. The zero-order chi connectivity index (χ0) is 19.3. The number of alkyl halides is 1. The van der Waals surface area contributed by atoms with Gasteiger partial charge in [0, 0.05) is 29.5 Å². The minimum atomic E-state index is 0.243. The maximum atomic E-state index is 6.97. The van der Waals surface area contributed by atoms with Gasteiger partial charge in [-0.2, -0.15) is 0 Å². The van der Waals surface area contributed by atoms with E-state index in [-0.39, 0.29) is 5.38 Å². The van der Waals surface area contributed by atoms with E-state index in [0.717, 1.165) is 25.9 Å². The van der Waals surface area contributed by atoms with Gasteiger partial charge in [0.15, 0.2) is 0 Å². The summed E-state index contributed by atoms with van der Waals surface area (Å²) in [4.78, 5) is 0. The summed E-state index contributed by atoms with van der Waals surface area (Å²) in [5, 5.41) is 7.70. The second-order valence-corrected chi connectivity index (χ2v) is 9.95. The predicted molar refractivity (Wildman–Crippen MR) is 111 cm³/mol. The van der Waals surface area contributed by atoms with Crippen molar-refractivity contribution in [3.8, 4) is 0 Å². The van der Waals surface area contributed by atoms with Gasteiger partial charge >= 0.3 is 0 Å². The maximum Gasteiger partial charge on any atom is 0.275 e. The highest BCUT2D eigenvalue weighted by Crippen LogP contribution is 2.48. The Morgan fingerprint density at radius 2 is 2.04 bits per heavy atom. The standard InChI is InChI=1S/C22H37ClN3O/c1-6-17-19-18(13(4)26(5)22(19)25-10-9-24-17)14-7-8-15(16(23)11-14)21-20(27-21)12(2)3/h12,14-18,20-21,24-25H,6-11H2,1-5H3/q+1. The van der Waals surface area contributed by atoms with Gasteiger partial charge in [-0.05, 0) is 44.4 Å². The van der Waals surface area contributed by atoms with Gasteiger partial charge in [0.2, 0.25) is 0 Å². The first-order valence-corrected chi connectivity index (χ1v) is 11.5. The number of nitrogens with one attached hydrogen (secondary N) is 2. The average Bonchev–Trinajstić information content (AvgIpc) is 3.41. The molecule has 3 heterocycles. The van der Waals surface area contributed by atoms with Crippen LogP contribution in [0.2, 0.25) is 0 Å². The third-order valence-electron chi connectivity index (χ3n) is 7.49. The lowest BCUT2D eigenvalue weighted by Crippen LogP contribution is -2.40. The fourth-order valence-corrected chi connectivity index (χ4v) is 6.41. The molecular formula is C22H37ClN3O+. The van der Waals surface area contributed by atoms with Crippen molar-refractivity contribution in [3.05, 3.63) is 11.4 Å². The second-order valence-electron chi connectivity index (χ2n) is 9.39. The molecule has 1 aliphatic carbocycles. The highest BCUT2D eigenvalue weighted by Gasteiger charge is 2.52. The van der Waals surface area contributed by atoms with Gasteiger partial charge in [0.1, 0.15) is 0 Å². The molecule has 0 aromatic rings. The Labute approximate surface area is 169 Å². The summed E-state index contributed by atoms with van der Waals surface area (Å²) < 4.78 is 8.40. The SMILES string of the molecule is CCC1NCCNC2=C1C(C1CCC(C3OC3C(C)C)C(Cl)C1)C(C)=[N+]2C. The Kier molecular flexibility index (Phi) is 5.61. The molecule has 0 aromatic carbocycles. The average molecular weight is 395 g/mol. The van der Waals surface area contributed by atoms with E-state index in [1.54, 1.807) is 5.57 Å². The molecule has 7 atom stereocenters. The van der Waals surface area contributed by atoms with E-state index in [0.29, 0.717) is 41.9 Å². The van der Waals surface area contributed by atoms with Crippen LogP contribution in [0.3, 0.4) is 0 Å². The molecule has 2 fully saturated rings. The van der Waals surface area contributed by atoms with Gasteiger partial charge in [-0.3, -0.25) is 5.32 Å². The predicted octanol–water partition coefficient (Wildman–Crippen LogP) is 3.35. The minimum Gasteiger partial charge on any atom is -0.369 e. The van der Waals surface area contributed by atoms with Gasteiger partial charge < -0.3 is 10.1 Å². The molecule has 3 aliphatic heterocycles. The number of nitrogens with zero attached hydrogens (tertiary/aromatic N) is 1. The van der Waals surface area contributed by atoms with E-state index in [1.807, 2.05) is 0 Å². The molecule has 7 unspecified atom stereocenters. The number of rotatable bonds is 4. The van der Waals surface area contributed by atoms with Crippen molar-refractivity contribution in [2.45, 2.75) is 77.0 Å². The third-order valence-corrected chi connectivity index (χ3v) is 7.99. The molecule has 0 radical (unpaired) electrons. The molecule has 0 aromatic heterocycles. The van der Waals surface area contributed by atoms with Crippen LogP contribution in [0.4, 0.5) is 0 Å². The van der Waals surface area contributed by atoms with Crippen LogP contribution in [0.5, 0.6) is 0 Å². The monoisotopic (exact) mass is 394 g/mol. The molecule has 4 aliphatic rings. The number of hydrogen-bond donors (Lipinski definition) is 2. The maximum absolute atomic E-state index is 6.97. The second kappa shape index (κ2) is 7.68. The lowest BCUT2D eigenvalue weighted by Gasteiger charge is -2.36. The fraction of sp³-hybridized carbons (Fsp3) is 0.864. The number of halogens is 1.